The van der Waals surface area contributed by atoms with Crippen molar-refractivity contribution in [3.8, 4) is 0 Å². The lowest BCUT2D eigenvalue weighted by Crippen LogP contribution is -2.41. The average molecular weight is 279 g/mol. The minimum absolute atomic E-state index is 0.0616. The smallest absolute Gasteiger partial charge is 0.311 e. The largest absolute Gasteiger partial charge is 0.481 e. The van der Waals surface area contributed by atoms with Gasteiger partial charge in [-0.05, 0) is 12.3 Å². The average Bonchev–Trinajstić information content (AvgIpc) is 2.73. The highest BCUT2D eigenvalue weighted by Gasteiger charge is 2.49. The van der Waals surface area contributed by atoms with Crippen LogP contribution in [0.4, 0.5) is 0 Å². The van der Waals surface area contributed by atoms with Gasteiger partial charge in [-0.2, -0.15) is 0 Å². The second kappa shape index (κ2) is 5.54. The van der Waals surface area contributed by atoms with Crippen LogP contribution >= 0.6 is 0 Å². The first-order valence-electron chi connectivity index (χ1n) is 5.96. The maximum Gasteiger partial charge on any atom is 0.311 e. The van der Waals surface area contributed by atoms with Gasteiger partial charge in [0, 0.05) is 20.2 Å². The van der Waals surface area contributed by atoms with E-state index in [1.807, 2.05) is 13.8 Å². The monoisotopic (exact) mass is 279 g/mol. The van der Waals surface area contributed by atoms with E-state index in [0.717, 1.165) is 0 Å². The molecule has 106 valence electrons. The lowest BCUT2D eigenvalue weighted by Gasteiger charge is -2.28. The summed E-state index contributed by atoms with van der Waals surface area (Å²) in [4.78, 5) is 11.4. The molecule has 1 atom stereocenters. The number of hydrogen-bond acceptors (Lipinski definition) is 4. The highest BCUT2D eigenvalue weighted by Crippen LogP contribution is 2.39. The molecule has 6 nitrogen and oxygen atoms in total. The van der Waals surface area contributed by atoms with Crippen LogP contribution in [0.3, 0.4) is 0 Å². The second-order valence-electron chi connectivity index (χ2n) is 5.01. The molecule has 0 bridgehead atoms. The van der Waals surface area contributed by atoms with Crippen LogP contribution in [0.1, 0.15) is 20.3 Å². The zero-order valence-electron chi connectivity index (χ0n) is 11.0. The van der Waals surface area contributed by atoms with Gasteiger partial charge in [0.15, 0.2) is 0 Å². The minimum Gasteiger partial charge on any atom is -0.481 e. The van der Waals surface area contributed by atoms with Crippen LogP contribution in [0.15, 0.2) is 0 Å². The summed E-state index contributed by atoms with van der Waals surface area (Å²) in [6, 6.07) is 0. The quantitative estimate of drug-likeness (QED) is 0.760. The number of sulfonamides is 1. The van der Waals surface area contributed by atoms with E-state index in [9.17, 15) is 18.3 Å². The van der Waals surface area contributed by atoms with E-state index in [2.05, 4.69) is 0 Å². The van der Waals surface area contributed by atoms with Crippen LogP contribution in [0, 0.1) is 11.3 Å². The number of hydrogen-bond donors (Lipinski definition) is 1. The molecule has 1 heterocycles. The molecule has 7 heteroatoms. The number of ether oxygens (including phenoxy) is 1. The summed E-state index contributed by atoms with van der Waals surface area (Å²) in [6.45, 7) is 4.10. The van der Waals surface area contributed by atoms with Crippen LogP contribution in [-0.4, -0.2) is 56.4 Å². The molecule has 0 aromatic rings. The Bertz CT molecular complexity index is 406. The van der Waals surface area contributed by atoms with Crippen molar-refractivity contribution in [2.75, 3.05) is 32.6 Å². The van der Waals surface area contributed by atoms with Crippen molar-refractivity contribution >= 4 is 16.0 Å². The zero-order chi connectivity index (χ0) is 14.0. The van der Waals surface area contributed by atoms with Gasteiger partial charge in [0.25, 0.3) is 0 Å². The summed E-state index contributed by atoms with van der Waals surface area (Å²) in [7, 11) is -1.98. The molecule has 0 aliphatic carbocycles. The Hall–Kier alpha value is -0.660. The molecule has 0 saturated carbocycles. The Morgan fingerprint density at radius 2 is 2.11 bits per heavy atom. The number of rotatable bonds is 6. The molecule has 18 heavy (non-hydrogen) atoms. The first-order valence-corrected chi connectivity index (χ1v) is 7.57. The number of carboxylic acid groups (broad SMARTS) is 1. The summed E-state index contributed by atoms with van der Waals surface area (Å²) < 4.78 is 30.0. The topological polar surface area (TPSA) is 83.9 Å². The molecule has 1 unspecified atom stereocenters. The van der Waals surface area contributed by atoms with Crippen LogP contribution in [-0.2, 0) is 19.6 Å². The molecule has 1 aliphatic rings. The van der Waals surface area contributed by atoms with E-state index in [1.54, 1.807) is 0 Å². The first kappa shape index (κ1) is 15.4. The third-order valence-electron chi connectivity index (χ3n) is 3.74. The predicted octanol–water partition coefficient (Wildman–Crippen LogP) is 0.395. The molecule has 1 fully saturated rings. The van der Waals surface area contributed by atoms with Gasteiger partial charge in [0.2, 0.25) is 10.0 Å². The Labute approximate surface area is 108 Å². The minimum atomic E-state index is -3.42. The van der Waals surface area contributed by atoms with Crippen molar-refractivity contribution in [3.63, 3.8) is 0 Å². The fourth-order valence-electron chi connectivity index (χ4n) is 2.24. The maximum atomic E-state index is 12.0. The highest BCUT2D eigenvalue weighted by molar-refractivity contribution is 7.89. The van der Waals surface area contributed by atoms with E-state index in [-0.39, 0.29) is 31.4 Å². The molecule has 0 radical (unpaired) electrons. The van der Waals surface area contributed by atoms with Crippen molar-refractivity contribution in [2.45, 2.75) is 20.3 Å². The Morgan fingerprint density at radius 1 is 1.50 bits per heavy atom. The fourth-order valence-corrected chi connectivity index (χ4v) is 3.68. The van der Waals surface area contributed by atoms with Crippen LogP contribution in [0.5, 0.6) is 0 Å². The standard InChI is InChI=1S/C11H21NO5S/c1-9(2)11(10(13)14)4-5-12(8-11)18(15,16)7-6-17-3/h9H,4-8H2,1-3H3,(H,13,14). The molecular formula is C11H21NO5S. The molecular weight excluding hydrogens is 258 g/mol. The van der Waals surface area contributed by atoms with Gasteiger partial charge in [-0.3, -0.25) is 4.79 Å². The van der Waals surface area contributed by atoms with Gasteiger partial charge >= 0.3 is 5.97 Å². The number of carbonyl (C=O) groups is 1. The van der Waals surface area contributed by atoms with Crippen LogP contribution < -0.4 is 0 Å². The fraction of sp³-hybridized carbons (Fsp3) is 0.909. The second-order valence-corrected chi connectivity index (χ2v) is 7.10. The van der Waals surface area contributed by atoms with Gasteiger partial charge in [-0.15, -0.1) is 0 Å². The van der Waals surface area contributed by atoms with Gasteiger partial charge < -0.3 is 9.84 Å². The van der Waals surface area contributed by atoms with Crippen LogP contribution in [0.25, 0.3) is 0 Å². The highest BCUT2D eigenvalue weighted by atomic mass is 32.2. The summed E-state index contributed by atoms with van der Waals surface area (Å²) in [6.07, 6.45) is 0.367. The van der Waals surface area contributed by atoms with Gasteiger partial charge in [0.05, 0.1) is 17.8 Å². The lowest BCUT2D eigenvalue weighted by atomic mass is 9.77. The number of methoxy groups -OCH3 is 1. The van der Waals surface area contributed by atoms with Gasteiger partial charge in [-0.25, -0.2) is 12.7 Å². The molecule has 1 aliphatic heterocycles. The summed E-state index contributed by atoms with van der Waals surface area (Å²) >= 11 is 0. The van der Waals surface area contributed by atoms with E-state index in [1.165, 1.54) is 11.4 Å². The normalized spacial score (nSPS) is 25.8. The first-order chi connectivity index (χ1) is 8.26. The van der Waals surface area contributed by atoms with Crippen molar-refractivity contribution in [1.29, 1.82) is 0 Å². The SMILES string of the molecule is COCCS(=O)(=O)N1CCC(C(=O)O)(C(C)C)C1. The summed E-state index contributed by atoms with van der Waals surface area (Å²) in [5.41, 5.74) is -0.958. The molecule has 1 N–H and O–H groups in total. The van der Waals surface area contributed by atoms with E-state index in [0.29, 0.717) is 6.42 Å². The van der Waals surface area contributed by atoms with E-state index >= 15 is 0 Å². The Morgan fingerprint density at radius 3 is 2.50 bits per heavy atom. The number of nitrogens with zero attached hydrogens (tertiary/aromatic N) is 1. The van der Waals surface area contributed by atoms with Gasteiger partial charge in [-0.1, -0.05) is 13.8 Å². The van der Waals surface area contributed by atoms with E-state index < -0.39 is 21.4 Å². The third kappa shape index (κ3) is 2.84. The zero-order valence-corrected chi connectivity index (χ0v) is 11.9. The summed E-state index contributed by atoms with van der Waals surface area (Å²) in [5.74, 6) is -1.11. The lowest BCUT2D eigenvalue weighted by molar-refractivity contribution is -0.150. The van der Waals surface area contributed by atoms with Crippen molar-refractivity contribution in [2.24, 2.45) is 11.3 Å². The molecule has 0 amide bonds. The number of carboxylic acids is 1. The maximum absolute atomic E-state index is 12.0. The molecule has 1 rings (SSSR count). The third-order valence-corrected chi connectivity index (χ3v) is 5.52. The Balaban J connectivity index is 2.85. The van der Waals surface area contributed by atoms with Gasteiger partial charge in [0.1, 0.15) is 0 Å². The van der Waals surface area contributed by atoms with Crippen molar-refractivity contribution in [3.05, 3.63) is 0 Å². The summed E-state index contributed by atoms with van der Waals surface area (Å²) in [5, 5.41) is 9.35. The molecule has 0 aromatic carbocycles. The van der Waals surface area contributed by atoms with E-state index in [4.69, 9.17) is 4.74 Å². The van der Waals surface area contributed by atoms with Crippen molar-refractivity contribution < 1.29 is 23.1 Å². The van der Waals surface area contributed by atoms with Crippen molar-refractivity contribution in [1.82, 2.24) is 4.31 Å². The molecule has 0 spiro atoms. The molecule has 1 saturated heterocycles. The molecule has 0 aromatic heterocycles. The predicted molar refractivity (Wildman–Crippen MR) is 66.8 cm³/mol. The van der Waals surface area contributed by atoms with Crippen LogP contribution in [0.2, 0.25) is 0 Å². The Kier molecular flexibility index (Phi) is 4.74. The number of aliphatic carboxylic acids is 1.